The monoisotopic (exact) mass is 295 g/mol. The molecule has 4 rings (SSSR count). The average Bonchev–Trinajstić information content (AvgIpc) is 3.27. The molecule has 0 radical (unpaired) electrons. The molecule has 0 aromatic carbocycles. The zero-order valence-corrected chi connectivity index (χ0v) is 12.0. The zero-order valence-electron chi connectivity index (χ0n) is 11.2. The third-order valence-electron chi connectivity index (χ3n) is 3.45. The lowest BCUT2D eigenvalue weighted by Crippen LogP contribution is -2.01. The molecule has 104 valence electrons. The maximum atomic E-state index is 5.70. The van der Waals surface area contributed by atoms with Crippen molar-refractivity contribution in [2.75, 3.05) is 0 Å². The number of hydrogen-bond donors (Lipinski definition) is 1. The molecule has 1 aliphatic rings. The van der Waals surface area contributed by atoms with Gasteiger partial charge in [-0.15, -0.1) is 11.3 Å². The molecule has 3 aromatic rings. The van der Waals surface area contributed by atoms with E-state index in [1.54, 1.807) is 23.9 Å². The van der Waals surface area contributed by atoms with Crippen molar-refractivity contribution in [2.24, 2.45) is 0 Å². The first-order valence-electron chi connectivity index (χ1n) is 6.71. The Morgan fingerprint density at radius 2 is 2.14 bits per heavy atom. The highest BCUT2D eigenvalue weighted by molar-refractivity contribution is 7.13. The number of aromatic amines is 1. The Bertz CT molecular complexity index is 779. The molecule has 4 heteroatoms. The molecule has 21 heavy (non-hydrogen) atoms. The Morgan fingerprint density at radius 1 is 1.14 bits per heavy atom. The van der Waals surface area contributed by atoms with Crippen LogP contribution in [0, 0.1) is 0 Å². The van der Waals surface area contributed by atoms with Crippen LogP contribution in [-0.4, -0.2) is 4.98 Å². The maximum Gasteiger partial charge on any atom is 0.157 e. The van der Waals surface area contributed by atoms with E-state index in [2.05, 4.69) is 22.5 Å². The van der Waals surface area contributed by atoms with Crippen molar-refractivity contribution in [1.29, 1.82) is 0 Å². The van der Waals surface area contributed by atoms with Gasteiger partial charge in [0.05, 0.1) is 23.8 Å². The van der Waals surface area contributed by atoms with Crippen LogP contribution in [0.25, 0.3) is 21.8 Å². The van der Waals surface area contributed by atoms with Gasteiger partial charge in [-0.25, -0.2) is 0 Å². The summed E-state index contributed by atoms with van der Waals surface area (Å²) in [6.45, 7) is 0. The highest BCUT2D eigenvalue weighted by Crippen LogP contribution is 2.41. The predicted molar refractivity (Wildman–Crippen MR) is 83.9 cm³/mol. The Hall–Kier alpha value is -2.46. The predicted octanol–water partition coefficient (Wildman–Crippen LogP) is 5.14. The maximum absolute atomic E-state index is 5.70. The van der Waals surface area contributed by atoms with Crippen LogP contribution in [0.15, 0.2) is 71.0 Å². The van der Waals surface area contributed by atoms with Gasteiger partial charge in [-0.05, 0) is 35.7 Å². The quantitative estimate of drug-likeness (QED) is 0.726. The molecule has 3 aromatic heterocycles. The fourth-order valence-electron chi connectivity index (χ4n) is 2.53. The minimum atomic E-state index is -0.121. The Labute approximate surface area is 126 Å². The summed E-state index contributed by atoms with van der Waals surface area (Å²) in [7, 11) is 0. The Morgan fingerprint density at radius 3 is 2.86 bits per heavy atom. The summed E-state index contributed by atoms with van der Waals surface area (Å²) in [5, 5.41) is 2.08. The molecule has 0 amide bonds. The molecular weight excluding hydrogens is 282 g/mol. The number of allylic oxidation sites excluding steroid dienone is 2. The van der Waals surface area contributed by atoms with Crippen molar-refractivity contribution in [3.63, 3.8) is 0 Å². The van der Waals surface area contributed by atoms with Crippen LogP contribution in [0.4, 0.5) is 0 Å². The van der Waals surface area contributed by atoms with Crippen LogP contribution >= 0.6 is 11.3 Å². The normalized spacial score (nSPS) is 17.0. The molecule has 1 aliphatic heterocycles. The van der Waals surface area contributed by atoms with Gasteiger partial charge in [0.1, 0.15) is 5.76 Å². The van der Waals surface area contributed by atoms with Gasteiger partial charge in [-0.2, -0.15) is 0 Å². The summed E-state index contributed by atoms with van der Waals surface area (Å²) in [5.41, 5.74) is 3.21. The number of hydrogen-bond acceptors (Lipinski definition) is 3. The van der Waals surface area contributed by atoms with Gasteiger partial charge in [0.25, 0.3) is 0 Å². The first kappa shape index (κ1) is 12.3. The fourth-order valence-corrected chi connectivity index (χ4v) is 3.28. The number of rotatable bonds is 3. The first-order chi connectivity index (χ1) is 10.4. The number of aromatic nitrogens is 1. The third-order valence-corrected chi connectivity index (χ3v) is 4.35. The van der Waals surface area contributed by atoms with Crippen molar-refractivity contribution in [1.82, 2.24) is 4.98 Å². The first-order valence-corrected chi connectivity index (χ1v) is 7.59. The van der Waals surface area contributed by atoms with E-state index in [1.807, 2.05) is 36.6 Å². The Balaban J connectivity index is 1.88. The van der Waals surface area contributed by atoms with Crippen LogP contribution in [0.1, 0.15) is 11.8 Å². The number of thiophene rings is 1. The van der Waals surface area contributed by atoms with Crippen molar-refractivity contribution >= 4 is 11.3 Å². The van der Waals surface area contributed by atoms with Crippen LogP contribution in [0.2, 0.25) is 0 Å². The highest BCUT2D eigenvalue weighted by atomic mass is 32.1. The largest absolute Gasteiger partial charge is 0.488 e. The highest BCUT2D eigenvalue weighted by Gasteiger charge is 2.23. The minimum Gasteiger partial charge on any atom is -0.488 e. The van der Waals surface area contributed by atoms with Crippen LogP contribution in [-0.2, 0) is 4.74 Å². The minimum absolute atomic E-state index is 0.121. The molecule has 4 heterocycles. The van der Waals surface area contributed by atoms with E-state index >= 15 is 0 Å². The topological polar surface area (TPSA) is 38.2 Å². The number of nitrogens with one attached hydrogen (secondary N) is 1. The van der Waals surface area contributed by atoms with E-state index < -0.39 is 0 Å². The van der Waals surface area contributed by atoms with Gasteiger partial charge in [0.15, 0.2) is 6.10 Å². The molecule has 0 bridgehead atoms. The second kappa shape index (κ2) is 5.14. The van der Waals surface area contributed by atoms with Gasteiger partial charge in [0.2, 0.25) is 0 Å². The summed E-state index contributed by atoms with van der Waals surface area (Å²) < 4.78 is 11.3. The standard InChI is InChI=1S/C17H13NO2S/c1-2-8-20-14(5-1)17-16(13-6-3-9-19-13)12(11-18-17)15-7-4-10-21-15/h1-11,14,18H. The van der Waals surface area contributed by atoms with Gasteiger partial charge in [-0.1, -0.05) is 12.1 Å². The van der Waals surface area contributed by atoms with Crippen molar-refractivity contribution in [2.45, 2.75) is 6.10 Å². The molecule has 0 saturated carbocycles. The van der Waals surface area contributed by atoms with E-state index in [4.69, 9.17) is 9.15 Å². The van der Waals surface area contributed by atoms with E-state index in [9.17, 15) is 0 Å². The van der Waals surface area contributed by atoms with Gasteiger partial charge >= 0.3 is 0 Å². The fraction of sp³-hybridized carbons (Fsp3) is 0.0588. The van der Waals surface area contributed by atoms with Crippen LogP contribution < -0.4 is 0 Å². The summed E-state index contributed by atoms with van der Waals surface area (Å²) in [5.74, 6) is 0.848. The van der Waals surface area contributed by atoms with E-state index in [-0.39, 0.29) is 6.10 Å². The summed E-state index contributed by atoms with van der Waals surface area (Å²) >= 11 is 1.71. The van der Waals surface area contributed by atoms with Gasteiger partial charge < -0.3 is 14.1 Å². The summed E-state index contributed by atoms with van der Waals surface area (Å²) in [6, 6.07) is 8.05. The molecular formula is C17H13NO2S. The summed E-state index contributed by atoms with van der Waals surface area (Å²) in [6.07, 6.45) is 11.2. The van der Waals surface area contributed by atoms with Crippen LogP contribution in [0.3, 0.4) is 0 Å². The number of H-pyrrole nitrogens is 1. The second-order valence-corrected chi connectivity index (χ2v) is 5.66. The molecule has 0 fully saturated rings. The molecule has 1 N–H and O–H groups in total. The van der Waals surface area contributed by atoms with Crippen molar-refractivity contribution in [3.05, 3.63) is 72.3 Å². The molecule has 0 aliphatic carbocycles. The summed E-state index contributed by atoms with van der Waals surface area (Å²) in [4.78, 5) is 4.56. The zero-order chi connectivity index (χ0) is 14.1. The van der Waals surface area contributed by atoms with E-state index in [0.717, 1.165) is 22.6 Å². The van der Waals surface area contributed by atoms with Gasteiger partial charge in [0, 0.05) is 16.6 Å². The number of furan rings is 1. The van der Waals surface area contributed by atoms with E-state index in [1.165, 1.54) is 4.88 Å². The lowest BCUT2D eigenvalue weighted by Gasteiger charge is -2.15. The molecule has 0 saturated heterocycles. The molecule has 1 atom stereocenters. The van der Waals surface area contributed by atoms with Crippen molar-refractivity contribution < 1.29 is 9.15 Å². The number of ether oxygens (including phenoxy) is 1. The lowest BCUT2D eigenvalue weighted by molar-refractivity contribution is 0.183. The SMILES string of the molecule is C1=COC(c2[nH]cc(-c3cccs3)c2-c2ccco2)C=C1. The molecule has 1 unspecified atom stereocenters. The Kier molecular flexibility index (Phi) is 3.01. The average molecular weight is 295 g/mol. The van der Waals surface area contributed by atoms with Crippen LogP contribution in [0.5, 0.6) is 0 Å². The van der Waals surface area contributed by atoms with E-state index in [0.29, 0.717) is 0 Å². The smallest absolute Gasteiger partial charge is 0.157 e. The molecule has 3 nitrogen and oxygen atoms in total. The molecule has 0 spiro atoms. The van der Waals surface area contributed by atoms with Crippen molar-refractivity contribution in [3.8, 4) is 21.8 Å². The second-order valence-electron chi connectivity index (χ2n) is 4.72. The van der Waals surface area contributed by atoms with Gasteiger partial charge in [-0.3, -0.25) is 0 Å². The lowest BCUT2D eigenvalue weighted by atomic mass is 10.0. The third kappa shape index (κ3) is 2.14.